The molecular weight excluding hydrogens is 335 g/mol. The summed E-state index contributed by atoms with van der Waals surface area (Å²) in [6, 6.07) is 7.05. The van der Waals surface area contributed by atoms with Crippen LogP contribution in [0.2, 0.25) is 0 Å². The number of nitrogens with zero attached hydrogens (tertiary/aromatic N) is 3. The Bertz CT molecular complexity index is 902. The minimum absolute atomic E-state index is 0.159. The predicted molar refractivity (Wildman–Crippen MR) is 86.1 cm³/mol. The monoisotopic (exact) mass is 349 g/mol. The summed E-state index contributed by atoms with van der Waals surface area (Å²) in [5.74, 6) is 0.105. The van der Waals surface area contributed by atoms with Crippen molar-refractivity contribution in [2.75, 3.05) is 0 Å². The number of halogens is 3. The Balaban J connectivity index is 1.73. The topological polar surface area (TPSA) is 49.2 Å². The maximum atomic E-state index is 12.1. The van der Waals surface area contributed by atoms with E-state index in [0.717, 1.165) is 16.6 Å². The Kier molecular flexibility index (Phi) is 4.35. The SMILES string of the molecule is C=Cc1cc2c(cn1)c(COc1ccc(OC(F)(F)F)cc1)nn2C. The van der Waals surface area contributed by atoms with Gasteiger partial charge in [0.05, 0.1) is 11.2 Å². The first-order valence-electron chi connectivity index (χ1n) is 7.28. The highest BCUT2D eigenvalue weighted by molar-refractivity contribution is 5.82. The molecule has 0 aliphatic rings. The number of aryl methyl sites for hydroxylation is 1. The highest BCUT2D eigenvalue weighted by Gasteiger charge is 2.30. The number of aromatic nitrogens is 3. The predicted octanol–water partition coefficient (Wildman–Crippen LogP) is 4.09. The van der Waals surface area contributed by atoms with Crippen molar-refractivity contribution in [3.8, 4) is 11.5 Å². The number of benzene rings is 1. The van der Waals surface area contributed by atoms with Crippen molar-refractivity contribution in [3.05, 3.63) is 54.5 Å². The van der Waals surface area contributed by atoms with Crippen LogP contribution in [0, 0.1) is 0 Å². The van der Waals surface area contributed by atoms with Gasteiger partial charge in [-0.05, 0) is 36.4 Å². The fraction of sp³-hybridized carbons (Fsp3) is 0.176. The van der Waals surface area contributed by atoms with Gasteiger partial charge in [-0.2, -0.15) is 5.10 Å². The Hall–Kier alpha value is -3.03. The molecule has 0 aliphatic heterocycles. The Labute approximate surface area is 141 Å². The molecule has 5 nitrogen and oxygen atoms in total. The van der Waals surface area contributed by atoms with Gasteiger partial charge >= 0.3 is 6.36 Å². The molecule has 2 aromatic heterocycles. The molecule has 3 aromatic rings. The van der Waals surface area contributed by atoms with E-state index in [1.54, 1.807) is 17.0 Å². The highest BCUT2D eigenvalue weighted by atomic mass is 19.4. The number of rotatable bonds is 5. The fourth-order valence-corrected chi connectivity index (χ4v) is 2.35. The molecule has 130 valence electrons. The lowest BCUT2D eigenvalue weighted by molar-refractivity contribution is -0.274. The second-order valence-electron chi connectivity index (χ2n) is 5.21. The molecule has 0 radical (unpaired) electrons. The average molecular weight is 349 g/mol. The number of hydrogen-bond donors (Lipinski definition) is 0. The molecule has 3 rings (SSSR count). The van der Waals surface area contributed by atoms with E-state index in [4.69, 9.17) is 4.74 Å². The van der Waals surface area contributed by atoms with Gasteiger partial charge in [0, 0.05) is 18.6 Å². The van der Waals surface area contributed by atoms with E-state index in [1.165, 1.54) is 24.3 Å². The molecule has 0 unspecified atom stereocenters. The van der Waals surface area contributed by atoms with E-state index in [0.29, 0.717) is 11.4 Å². The first-order valence-corrected chi connectivity index (χ1v) is 7.28. The summed E-state index contributed by atoms with van der Waals surface area (Å²) in [6.45, 7) is 3.84. The number of alkyl halides is 3. The van der Waals surface area contributed by atoms with Gasteiger partial charge in [0.2, 0.25) is 0 Å². The molecule has 0 fully saturated rings. The first-order chi connectivity index (χ1) is 11.9. The molecule has 0 N–H and O–H groups in total. The standard InChI is InChI=1S/C17H14F3N3O2/c1-3-11-8-16-14(9-21-11)15(22-23(16)2)10-24-12-4-6-13(7-5-12)25-17(18,19)20/h3-9H,1,10H2,2H3. The van der Waals surface area contributed by atoms with Gasteiger partial charge in [0.15, 0.2) is 0 Å². The second-order valence-corrected chi connectivity index (χ2v) is 5.21. The Morgan fingerprint density at radius 1 is 1.20 bits per heavy atom. The van der Waals surface area contributed by atoms with Crippen LogP contribution >= 0.6 is 0 Å². The van der Waals surface area contributed by atoms with E-state index >= 15 is 0 Å². The van der Waals surface area contributed by atoms with Gasteiger partial charge in [-0.1, -0.05) is 6.58 Å². The average Bonchev–Trinajstić information content (AvgIpc) is 2.88. The molecule has 2 heterocycles. The van der Waals surface area contributed by atoms with Crippen molar-refractivity contribution >= 4 is 17.0 Å². The molecular formula is C17H14F3N3O2. The minimum Gasteiger partial charge on any atom is -0.487 e. The molecule has 0 saturated carbocycles. The first kappa shape index (κ1) is 16.8. The van der Waals surface area contributed by atoms with Crippen molar-refractivity contribution in [1.29, 1.82) is 0 Å². The number of ether oxygens (including phenoxy) is 2. The van der Waals surface area contributed by atoms with Crippen molar-refractivity contribution in [2.45, 2.75) is 13.0 Å². The molecule has 0 atom stereocenters. The maximum absolute atomic E-state index is 12.1. The van der Waals surface area contributed by atoms with E-state index in [2.05, 4.69) is 21.4 Å². The van der Waals surface area contributed by atoms with Crippen molar-refractivity contribution < 1.29 is 22.6 Å². The zero-order chi connectivity index (χ0) is 18.0. The lowest BCUT2D eigenvalue weighted by Crippen LogP contribution is -2.16. The molecule has 25 heavy (non-hydrogen) atoms. The van der Waals surface area contributed by atoms with E-state index in [1.807, 2.05) is 13.1 Å². The van der Waals surface area contributed by atoms with E-state index in [9.17, 15) is 13.2 Å². The summed E-state index contributed by atoms with van der Waals surface area (Å²) in [7, 11) is 1.81. The molecule has 0 bridgehead atoms. The summed E-state index contributed by atoms with van der Waals surface area (Å²) < 4.78 is 47.5. The Morgan fingerprint density at radius 3 is 2.52 bits per heavy atom. The number of hydrogen-bond acceptors (Lipinski definition) is 4. The third kappa shape index (κ3) is 3.90. The molecule has 0 aliphatic carbocycles. The minimum atomic E-state index is -4.72. The molecule has 0 spiro atoms. The number of pyridine rings is 1. The normalized spacial score (nSPS) is 11.5. The van der Waals surface area contributed by atoms with E-state index < -0.39 is 6.36 Å². The third-order valence-corrected chi connectivity index (χ3v) is 3.48. The van der Waals surface area contributed by atoms with Crippen LogP contribution in [0.1, 0.15) is 11.4 Å². The van der Waals surface area contributed by atoms with Gasteiger partial charge in [-0.15, -0.1) is 13.2 Å². The summed E-state index contributed by atoms with van der Waals surface area (Å²) in [4.78, 5) is 4.25. The molecule has 0 amide bonds. The van der Waals surface area contributed by atoms with Crippen LogP contribution in [-0.4, -0.2) is 21.1 Å². The summed E-state index contributed by atoms with van der Waals surface area (Å²) >= 11 is 0. The lowest BCUT2D eigenvalue weighted by atomic mass is 10.2. The van der Waals surface area contributed by atoms with Crippen LogP contribution in [0.4, 0.5) is 13.2 Å². The van der Waals surface area contributed by atoms with Crippen LogP contribution in [0.25, 0.3) is 17.0 Å². The summed E-state index contributed by atoms with van der Waals surface area (Å²) in [5, 5.41) is 5.23. The second kappa shape index (κ2) is 6.46. The molecule has 8 heteroatoms. The molecule has 1 aromatic carbocycles. The van der Waals surface area contributed by atoms with Crippen molar-refractivity contribution in [2.24, 2.45) is 7.05 Å². The number of fused-ring (bicyclic) bond motifs is 1. The van der Waals surface area contributed by atoms with E-state index in [-0.39, 0.29) is 12.4 Å². The van der Waals surface area contributed by atoms with Crippen LogP contribution in [-0.2, 0) is 13.7 Å². The van der Waals surface area contributed by atoms with Crippen LogP contribution in [0.15, 0.2) is 43.1 Å². The van der Waals surface area contributed by atoms with Gasteiger partial charge < -0.3 is 9.47 Å². The quantitative estimate of drug-likeness (QED) is 0.696. The zero-order valence-electron chi connectivity index (χ0n) is 13.2. The van der Waals surface area contributed by atoms with Crippen LogP contribution < -0.4 is 9.47 Å². The summed E-state index contributed by atoms with van der Waals surface area (Å²) in [6.07, 6.45) is -1.38. The smallest absolute Gasteiger partial charge is 0.487 e. The lowest BCUT2D eigenvalue weighted by Gasteiger charge is -2.09. The van der Waals surface area contributed by atoms with Crippen LogP contribution in [0.3, 0.4) is 0 Å². The highest BCUT2D eigenvalue weighted by Crippen LogP contribution is 2.25. The Morgan fingerprint density at radius 2 is 1.88 bits per heavy atom. The van der Waals surface area contributed by atoms with Crippen molar-refractivity contribution in [1.82, 2.24) is 14.8 Å². The molecule has 0 saturated heterocycles. The van der Waals surface area contributed by atoms with Gasteiger partial charge in [0.25, 0.3) is 0 Å². The fourth-order valence-electron chi connectivity index (χ4n) is 2.35. The largest absolute Gasteiger partial charge is 0.573 e. The maximum Gasteiger partial charge on any atom is 0.573 e. The summed E-state index contributed by atoms with van der Waals surface area (Å²) in [5.41, 5.74) is 2.30. The van der Waals surface area contributed by atoms with Gasteiger partial charge in [-0.3, -0.25) is 9.67 Å². The zero-order valence-corrected chi connectivity index (χ0v) is 13.2. The third-order valence-electron chi connectivity index (χ3n) is 3.48. The van der Waals surface area contributed by atoms with Gasteiger partial charge in [-0.25, -0.2) is 0 Å². The van der Waals surface area contributed by atoms with Gasteiger partial charge in [0.1, 0.15) is 23.8 Å². The van der Waals surface area contributed by atoms with Crippen molar-refractivity contribution in [3.63, 3.8) is 0 Å². The van der Waals surface area contributed by atoms with Crippen LogP contribution in [0.5, 0.6) is 11.5 Å².